The number of hydrogen-bond donors (Lipinski definition) is 0. The summed E-state index contributed by atoms with van der Waals surface area (Å²) >= 11 is 0. The van der Waals surface area contributed by atoms with Gasteiger partial charge in [0.05, 0.1) is 5.41 Å². The molecule has 0 aliphatic rings. The van der Waals surface area contributed by atoms with Crippen molar-refractivity contribution >= 4 is 5.97 Å². The van der Waals surface area contributed by atoms with Crippen LogP contribution in [0.1, 0.15) is 54.9 Å². The predicted molar refractivity (Wildman–Crippen MR) is 59.1 cm³/mol. The summed E-state index contributed by atoms with van der Waals surface area (Å²) < 4.78 is 5.36. The molecule has 0 aliphatic heterocycles. The third kappa shape index (κ3) is 5.25. The van der Waals surface area contributed by atoms with Crippen LogP contribution in [0.15, 0.2) is 0 Å². The molecule has 0 aromatic carbocycles. The van der Waals surface area contributed by atoms with Gasteiger partial charge in [-0.1, -0.05) is 13.8 Å². The van der Waals surface area contributed by atoms with Crippen LogP contribution in [-0.2, 0) is 9.53 Å². The number of hydrogen-bond acceptors (Lipinski definition) is 2. The van der Waals surface area contributed by atoms with Gasteiger partial charge in [0, 0.05) is 0 Å². The summed E-state index contributed by atoms with van der Waals surface area (Å²) in [5.74, 6) is 0.413. The van der Waals surface area contributed by atoms with E-state index < -0.39 is 0 Å². The second-order valence-electron chi connectivity index (χ2n) is 5.98. The molecule has 0 rings (SSSR count). The Bertz CT molecular complexity index is 197. The molecule has 0 heterocycles. The first-order chi connectivity index (χ1) is 6.04. The first-order valence-electron chi connectivity index (χ1n) is 5.28. The lowest BCUT2D eigenvalue weighted by Crippen LogP contribution is -2.34. The van der Waals surface area contributed by atoms with Crippen LogP contribution in [0.2, 0.25) is 0 Å². The SMILES string of the molecule is CC(C)CC(C)(C)C(=O)OC(C)(C)C. The minimum atomic E-state index is -0.384. The molecule has 0 aromatic rings. The van der Waals surface area contributed by atoms with Gasteiger partial charge < -0.3 is 4.74 Å². The van der Waals surface area contributed by atoms with Gasteiger partial charge in [-0.25, -0.2) is 0 Å². The largest absolute Gasteiger partial charge is 0.460 e. The number of ether oxygens (including phenoxy) is 1. The fourth-order valence-electron chi connectivity index (χ4n) is 1.52. The highest BCUT2D eigenvalue weighted by Crippen LogP contribution is 2.28. The van der Waals surface area contributed by atoms with Gasteiger partial charge in [-0.05, 0) is 47.0 Å². The van der Waals surface area contributed by atoms with Crippen LogP contribution in [-0.4, -0.2) is 11.6 Å². The van der Waals surface area contributed by atoms with E-state index in [1.165, 1.54) is 0 Å². The molecule has 0 amide bonds. The lowest BCUT2D eigenvalue weighted by molar-refractivity contribution is -0.166. The molecule has 0 aliphatic carbocycles. The van der Waals surface area contributed by atoms with Crippen molar-refractivity contribution < 1.29 is 9.53 Å². The van der Waals surface area contributed by atoms with Crippen molar-refractivity contribution in [1.29, 1.82) is 0 Å². The number of carbonyl (C=O) groups excluding carboxylic acids is 1. The van der Waals surface area contributed by atoms with Gasteiger partial charge in [0.25, 0.3) is 0 Å². The van der Waals surface area contributed by atoms with Crippen molar-refractivity contribution in [2.24, 2.45) is 11.3 Å². The number of carbonyl (C=O) groups is 1. The Morgan fingerprint density at radius 1 is 1.14 bits per heavy atom. The maximum atomic E-state index is 11.8. The minimum absolute atomic E-state index is 0.0984. The van der Waals surface area contributed by atoms with Crippen molar-refractivity contribution in [3.8, 4) is 0 Å². The Labute approximate surface area is 88.0 Å². The highest BCUT2D eigenvalue weighted by molar-refractivity contribution is 5.76. The Kier molecular flexibility index (Phi) is 4.16. The first kappa shape index (κ1) is 13.5. The third-order valence-electron chi connectivity index (χ3n) is 1.87. The zero-order valence-corrected chi connectivity index (χ0v) is 10.6. The van der Waals surface area contributed by atoms with Crippen LogP contribution in [0.3, 0.4) is 0 Å². The molecule has 0 spiro atoms. The third-order valence-corrected chi connectivity index (χ3v) is 1.87. The second-order valence-corrected chi connectivity index (χ2v) is 5.98. The second kappa shape index (κ2) is 4.33. The van der Waals surface area contributed by atoms with Crippen molar-refractivity contribution in [1.82, 2.24) is 0 Å². The quantitative estimate of drug-likeness (QED) is 0.653. The van der Waals surface area contributed by atoms with E-state index in [2.05, 4.69) is 13.8 Å². The van der Waals surface area contributed by atoms with Crippen molar-refractivity contribution in [2.75, 3.05) is 0 Å². The Hall–Kier alpha value is -0.530. The molecule has 2 nitrogen and oxygen atoms in total. The summed E-state index contributed by atoms with van der Waals surface area (Å²) in [6, 6.07) is 0. The van der Waals surface area contributed by atoms with Crippen LogP contribution in [0, 0.1) is 11.3 Å². The molecule has 0 N–H and O–H groups in total. The van der Waals surface area contributed by atoms with E-state index in [4.69, 9.17) is 4.74 Å². The molecular formula is C12H24O2. The molecule has 0 saturated heterocycles. The van der Waals surface area contributed by atoms with Crippen molar-refractivity contribution in [3.63, 3.8) is 0 Å². The molecule has 0 radical (unpaired) electrons. The molecule has 0 bridgehead atoms. The fraction of sp³-hybridized carbons (Fsp3) is 0.917. The maximum Gasteiger partial charge on any atom is 0.312 e. The van der Waals surface area contributed by atoms with Crippen molar-refractivity contribution in [3.05, 3.63) is 0 Å². The molecule has 0 atom stereocenters. The summed E-state index contributed by atoms with van der Waals surface area (Å²) in [6.45, 7) is 13.8. The predicted octanol–water partition coefficient (Wildman–Crippen LogP) is 3.40. The standard InChI is InChI=1S/C12H24O2/c1-9(2)8-12(6,7)10(13)14-11(3,4)5/h9H,8H2,1-7H3. The molecule has 0 unspecified atom stereocenters. The van der Waals surface area contributed by atoms with Gasteiger partial charge in [-0.3, -0.25) is 4.79 Å². The zero-order valence-electron chi connectivity index (χ0n) is 10.6. The normalized spacial score (nSPS) is 13.1. The van der Waals surface area contributed by atoms with Gasteiger partial charge in [-0.15, -0.1) is 0 Å². The molecule has 0 fully saturated rings. The Balaban J connectivity index is 4.36. The topological polar surface area (TPSA) is 26.3 Å². The zero-order chi connectivity index (χ0) is 11.6. The monoisotopic (exact) mass is 200 g/mol. The van der Waals surface area contributed by atoms with Gasteiger partial charge in [0.2, 0.25) is 0 Å². The van der Waals surface area contributed by atoms with E-state index in [0.29, 0.717) is 5.92 Å². The van der Waals surface area contributed by atoms with Gasteiger partial charge in [0.1, 0.15) is 5.60 Å². The van der Waals surface area contributed by atoms with E-state index in [9.17, 15) is 4.79 Å². The maximum absolute atomic E-state index is 11.8. The first-order valence-corrected chi connectivity index (χ1v) is 5.28. The van der Waals surface area contributed by atoms with E-state index >= 15 is 0 Å². The van der Waals surface area contributed by atoms with Gasteiger partial charge >= 0.3 is 5.97 Å². The summed E-state index contributed by atoms with van der Waals surface area (Å²) in [5, 5.41) is 0. The van der Waals surface area contributed by atoms with Crippen LogP contribution in [0.4, 0.5) is 0 Å². The average molecular weight is 200 g/mol. The minimum Gasteiger partial charge on any atom is -0.460 e. The molecule has 14 heavy (non-hydrogen) atoms. The Morgan fingerprint density at radius 2 is 1.57 bits per heavy atom. The van der Waals surface area contributed by atoms with E-state index in [1.54, 1.807) is 0 Å². The van der Waals surface area contributed by atoms with E-state index in [-0.39, 0.29) is 17.0 Å². The molecular weight excluding hydrogens is 176 g/mol. The fourth-order valence-corrected chi connectivity index (χ4v) is 1.52. The van der Waals surface area contributed by atoms with E-state index in [1.807, 2.05) is 34.6 Å². The molecule has 0 saturated carbocycles. The van der Waals surface area contributed by atoms with Crippen molar-refractivity contribution in [2.45, 2.75) is 60.5 Å². The highest BCUT2D eigenvalue weighted by atomic mass is 16.6. The lowest BCUT2D eigenvalue weighted by atomic mass is 9.84. The van der Waals surface area contributed by atoms with Crippen LogP contribution < -0.4 is 0 Å². The summed E-state index contributed by atoms with van der Waals surface area (Å²) in [5.41, 5.74) is -0.757. The highest BCUT2D eigenvalue weighted by Gasteiger charge is 2.32. The molecule has 84 valence electrons. The number of rotatable bonds is 3. The van der Waals surface area contributed by atoms with E-state index in [0.717, 1.165) is 6.42 Å². The summed E-state index contributed by atoms with van der Waals surface area (Å²) in [7, 11) is 0. The van der Waals surface area contributed by atoms with Crippen LogP contribution in [0.25, 0.3) is 0 Å². The Morgan fingerprint density at radius 3 is 1.86 bits per heavy atom. The lowest BCUT2D eigenvalue weighted by Gasteiger charge is -2.29. The van der Waals surface area contributed by atoms with Gasteiger partial charge in [-0.2, -0.15) is 0 Å². The molecule has 0 aromatic heterocycles. The van der Waals surface area contributed by atoms with Gasteiger partial charge in [0.15, 0.2) is 0 Å². The summed E-state index contributed by atoms with van der Waals surface area (Å²) in [4.78, 5) is 11.8. The number of esters is 1. The average Bonchev–Trinajstić information content (AvgIpc) is 1.79. The summed E-state index contributed by atoms with van der Waals surface area (Å²) in [6.07, 6.45) is 0.863. The van der Waals surface area contributed by atoms with Crippen LogP contribution in [0.5, 0.6) is 0 Å². The molecule has 2 heteroatoms. The smallest absolute Gasteiger partial charge is 0.312 e. The van der Waals surface area contributed by atoms with Crippen LogP contribution >= 0.6 is 0 Å².